The molecule has 6 nitrogen and oxygen atoms in total. The highest BCUT2D eigenvalue weighted by Crippen LogP contribution is 2.28. The van der Waals surface area contributed by atoms with E-state index in [0.29, 0.717) is 0 Å². The summed E-state index contributed by atoms with van der Waals surface area (Å²) in [6, 6.07) is 6.57. The summed E-state index contributed by atoms with van der Waals surface area (Å²) in [5, 5.41) is 2.52. The Balaban J connectivity index is 1.91. The van der Waals surface area contributed by atoms with Crippen LogP contribution in [-0.4, -0.2) is 34.4 Å². The first kappa shape index (κ1) is 21.5. The van der Waals surface area contributed by atoms with E-state index in [4.69, 9.17) is 22.1 Å². The number of aromatic nitrogens is 2. The number of alkyl halides is 1. The third kappa shape index (κ3) is 4.69. The first-order valence-electron chi connectivity index (χ1n) is 8.73. The van der Waals surface area contributed by atoms with Crippen molar-refractivity contribution in [2.24, 2.45) is 5.73 Å². The van der Waals surface area contributed by atoms with Gasteiger partial charge in [-0.25, -0.2) is 18.2 Å². The van der Waals surface area contributed by atoms with E-state index in [1.54, 1.807) is 0 Å². The Morgan fingerprint density at radius 3 is 2.53 bits per heavy atom. The van der Waals surface area contributed by atoms with Gasteiger partial charge < -0.3 is 15.8 Å². The van der Waals surface area contributed by atoms with Crippen molar-refractivity contribution >= 4 is 23.2 Å². The minimum absolute atomic E-state index is 0.128. The van der Waals surface area contributed by atoms with Crippen molar-refractivity contribution in [2.45, 2.75) is 6.10 Å². The number of amides is 1. The van der Waals surface area contributed by atoms with Gasteiger partial charge in [0.1, 0.15) is 46.4 Å². The minimum Gasteiger partial charge on any atom is -0.486 e. The van der Waals surface area contributed by atoms with Gasteiger partial charge in [0.15, 0.2) is 0 Å². The number of nitrogens with two attached hydrogens (primary N) is 1. The van der Waals surface area contributed by atoms with Crippen LogP contribution in [-0.2, 0) is 0 Å². The molecule has 0 saturated heterocycles. The Bertz CT molecular complexity index is 1040. The normalized spacial score (nSPS) is 11.8. The Morgan fingerprint density at radius 2 is 1.87 bits per heavy atom. The number of nitrogens with zero attached hydrogens (tertiary/aromatic N) is 2. The molecule has 0 saturated carbocycles. The summed E-state index contributed by atoms with van der Waals surface area (Å²) in [5.74, 6) is -3.36. The molecule has 1 amide bonds. The maximum absolute atomic E-state index is 14.2. The van der Waals surface area contributed by atoms with Crippen molar-refractivity contribution in [3.63, 3.8) is 0 Å². The summed E-state index contributed by atoms with van der Waals surface area (Å²) in [5.41, 5.74) is 4.21. The molecule has 2 aromatic heterocycles. The number of carbonyl (C=O) groups excluding carboxylic acids is 1. The van der Waals surface area contributed by atoms with E-state index in [0.717, 1.165) is 30.3 Å². The monoisotopic (exact) mass is 436 g/mol. The summed E-state index contributed by atoms with van der Waals surface area (Å²) in [6.45, 7) is 0.149. The molecule has 3 rings (SSSR count). The number of ether oxygens (including phenoxy) is 1. The van der Waals surface area contributed by atoms with Gasteiger partial charge in [-0.3, -0.25) is 9.78 Å². The van der Waals surface area contributed by atoms with Crippen LogP contribution in [0, 0.1) is 17.5 Å². The molecule has 1 aromatic carbocycles. The molecule has 3 N–H and O–H groups in total. The first-order valence-corrected chi connectivity index (χ1v) is 9.27. The minimum atomic E-state index is -1.00. The molecule has 1 atom stereocenters. The summed E-state index contributed by atoms with van der Waals surface area (Å²) in [4.78, 5) is 20.4. The van der Waals surface area contributed by atoms with Crippen LogP contribution in [0.15, 0.2) is 48.8 Å². The van der Waals surface area contributed by atoms with Crippen molar-refractivity contribution in [2.75, 3.05) is 17.7 Å². The molecule has 10 heteroatoms. The van der Waals surface area contributed by atoms with E-state index in [1.807, 2.05) is 0 Å². The quantitative estimate of drug-likeness (QED) is 0.550. The van der Waals surface area contributed by atoms with Gasteiger partial charge in [-0.1, -0.05) is 6.07 Å². The highest BCUT2D eigenvalue weighted by molar-refractivity contribution is 6.18. The predicted octanol–water partition coefficient (Wildman–Crippen LogP) is 3.76. The number of rotatable bonds is 7. The van der Waals surface area contributed by atoms with Crippen LogP contribution in [0.5, 0.6) is 5.75 Å². The van der Waals surface area contributed by atoms with Gasteiger partial charge in [0.2, 0.25) is 0 Å². The fourth-order valence-electron chi connectivity index (χ4n) is 2.55. The van der Waals surface area contributed by atoms with Crippen molar-refractivity contribution in [1.29, 1.82) is 0 Å². The Kier molecular flexibility index (Phi) is 6.86. The number of halogens is 4. The zero-order chi connectivity index (χ0) is 21.7. The van der Waals surface area contributed by atoms with E-state index in [9.17, 15) is 18.0 Å². The second kappa shape index (κ2) is 9.55. The van der Waals surface area contributed by atoms with Crippen LogP contribution in [0.4, 0.5) is 18.9 Å². The fourth-order valence-corrected chi connectivity index (χ4v) is 2.74. The summed E-state index contributed by atoms with van der Waals surface area (Å²) in [7, 11) is 0. The van der Waals surface area contributed by atoms with Crippen LogP contribution in [0.3, 0.4) is 0 Å². The SMILES string of the molecule is NCC(CCl)Oc1ccncc1NC(=O)c1ccc(F)c(-c2c(F)cccc2F)n1. The van der Waals surface area contributed by atoms with E-state index < -0.39 is 40.7 Å². The number of pyridine rings is 2. The van der Waals surface area contributed by atoms with Gasteiger partial charge >= 0.3 is 0 Å². The molecule has 156 valence electrons. The zero-order valence-corrected chi connectivity index (χ0v) is 16.2. The molecule has 0 spiro atoms. The molecule has 3 aromatic rings. The van der Waals surface area contributed by atoms with Gasteiger partial charge in [0, 0.05) is 18.8 Å². The molecule has 2 heterocycles. The average molecular weight is 437 g/mol. The van der Waals surface area contributed by atoms with Gasteiger partial charge in [0.05, 0.1) is 17.6 Å². The molecule has 1 unspecified atom stereocenters. The van der Waals surface area contributed by atoms with Gasteiger partial charge in [-0.15, -0.1) is 11.6 Å². The largest absolute Gasteiger partial charge is 0.486 e. The van der Waals surface area contributed by atoms with E-state index in [-0.39, 0.29) is 29.6 Å². The summed E-state index contributed by atoms with van der Waals surface area (Å²) in [6.07, 6.45) is 2.28. The summed E-state index contributed by atoms with van der Waals surface area (Å²) < 4.78 is 47.9. The number of anilines is 1. The Morgan fingerprint density at radius 1 is 1.13 bits per heavy atom. The number of benzene rings is 1. The van der Waals surface area contributed by atoms with Crippen LogP contribution in [0.2, 0.25) is 0 Å². The van der Waals surface area contributed by atoms with Crippen molar-refractivity contribution < 1.29 is 22.7 Å². The lowest BCUT2D eigenvalue weighted by Gasteiger charge is -2.17. The van der Waals surface area contributed by atoms with Gasteiger partial charge in [0.25, 0.3) is 5.91 Å². The lowest BCUT2D eigenvalue weighted by atomic mass is 10.1. The highest BCUT2D eigenvalue weighted by atomic mass is 35.5. The topological polar surface area (TPSA) is 90.1 Å². The predicted molar refractivity (Wildman–Crippen MR) is 106 cm³/mol. The third-order valence-electron chi connectivity index (χ3n) is 4.04. The second-order valence-corrected chi connectivity index (χ2v) is 6.39. The first-order chi connectivity index (χ1) is 14.4. The van der Waals surface area contributed by atoms with Crippen LogP contribution in [0.25, 0.3) is 11.3 Å². The standard InChI is InChI=1S/C20H16ClF3N4O2/c21-8-11(9-25)30-17-6-7-26-10-16(17)28-20(29)15-5-4-14(24)19(27-15)18-12(22)2-1-3-13(18)23/h1-7,10-11H,8-9,25H2,(H,28,29). The van der Waals surface area contributed by atoms with E-state index in [2.05, 4.69) is 15.3 Å². The number of hydrogen-bond acceptors (Lipinski definition) is 5. The summed E-state index contributed by atoms with van der Waals surface area (Å²) >= 11 is 5.77. The Labute approximate surface area is 174 Å². The molecular formula is C20H16ClF3N4O2. The molecule has 0 aliphatic carbocycles. The number of hydrogen-bond donors (Lipinski definition) is 2. The third-order valence-corrected chi connectivity index (χ3v) is 4.38. The van der Waals surface area contributed by atoms with Gasteiger partial charge in [-0.05, 0) is 24.3 Å². The van der Waals surface area contributed by atoms with E-state index >= 15 is 0 Å². The molecule has 0 radical (unpaired) electrons. The molecule has 0 bridgehead atoms. The number of nitrogens with one attached hydrogen (secondary N) is 1. The molecule has 0 aliphatic heterocycles. The zero-order valence-electron chi connectivity index (χ0n) is 15.4. The lowest BCUT2D eigenvalue weighted by molar-refractivity contribution is 0.102. The second-order valence-electron chi connectivity index (χ2n) is 6.08. The molecular weight excluding hydrogens is 421 g/mol. The van der Waals surface area contributed by atoms with Gasteiger partial charge in [-0.2, -0.15) is 0 Å². The number of carbonyl (C=O) groups is 1. The smallest absolute Gasteiger partial charge is 0.274 e. The average Bonchev–Trinajstić information content (AvgIpc) is 2.74. The van der Waals surface area contributed by atoms with Crippen molar-refractivity contribution in [1.82, 2.24) is 9.97 Å². The van der Waals surface area contributed by atoms with Crippen molar-refractivity contribution in [3.8, 4) is 17.0 Å². The lowest BCUT2D eigenvalue weighted by Crippen LogP contribution is -2.28. The van der Waals surface area contributed by atoms with E-state index in [1.165, 1.54) is 18.5 Å². The molecule has 30 heavy (non-hydrogen) atoms. The van der Waals surface area contributed by atoms with Crippen LogP contribution in [0.1, 0.15) is 10.5 Å². The van der Waals surface area contributed by atoms with Crippen LogP contribution >= 0.6 is 11.6 Å². The molecule has 0 aliphatic rings. The fraction of sp³-hybridized carbons (Fsp3) is 0.150. The van der Waals surface area contributed by atoms with Crippen LogP contribution < -0.4 is 15.8 Å². The Hall–Kier alpha value is -3.17. The maximum Gasteiger partial charge on any atom is 0.274 e. The van der Waals surface area contributed by atoms with Crippen molar-refractivity contribution in [3.05, 3.63) is 71.9 Å². The maximum atomic E-state index is 14.2. The molecule has 0 fully saturated rings. The highest BCUT2D eigenvalue weighted by Gasteiger charge is 2.20.